The molecule has 0 fully saturated rings. The average Bonchev–Trinajstić information content (AvgIpc) is 2.30. The van der Waals surface area contributed by atoms with Crippen molar-refractivity contribution in [1.29, 1.82) is 0 Å². The first kappa shape index (κ1) is 19.5. The van der Waals surface area contributed by atoms with Gasteiger partial charge >= 0.3 is 0 Å². The van der Waals surface area contributed by atoms with Gasteiger partial charge in [-0.1, -0.05) is 94.1 Å². The summed E-state index contributed by atoms with van der Waals surface area (Å²) in [6, 6.07) is 17.1. The Kier molecular flexibility index (Phi) is 9.41. The maximum absolute atomic E-state index is 2.14. The van der Waals surface area contributed by atoms with Gasteiger partial charge in [-0.05, 0) is 25.0 Å². The van der Waals surface area contributed by atoms with Crippen molar-refractivity contribution in [2.24, 2.45) is 0 Å². The summed E-state index contributed by atoms with van der Waals surface area (Å²) in [7, 11) is 0. The molecule has 2 aromatic rings. The zero-order valence-corrected chi connectivity index (χ0v) is 9.77. The third kappa shape index (κ3) is 6.05. The van der Waals surface area contributed by atoms with Gasteiger partial charge < -0.3 is 0 Å². The van der Waals surface area contributed by atoms with E-state index in [9.17, 15) is 0 Å². The van der Waals surface area contributed by atoms with E-state index in [1.807, 2.05) is 0 Å². The van der Waals surface area contributed by atoms with Crippen molar-refractivity contribution in [1.82, 2.24) is 0 Å². The van der Waals surface area contributed by atoms with Crippen LogP contribution in [0, 0.1) is 13.8 Å². The van der Waals surface area contributed by atoms with Crippen molar-refractivity contribution in [3.63, 3.8) is 0 Å². The number of benzene rings is 2. The molecule has 0 N–H and O–H groups in total. The fourth-order valence-corrected chi connectivity index (χ4v) is 1.55. The van der Waals surface area contributed by atoms with E-state index in [2.05, 4.69) is 74.5 Å². The third-order valence-corrected chi connectivity index (χ3v) is 2.62. The zero-order chi connectivity index (χ0) is 11.4. The molecule has 2 aromatic carbocycles. The van der Waals surface area contributed by atoms with Crippen LogP contribution in [0.2, 0.25) is 0 Å². The normalized spacial score (nSPS) is 9.16. The van der Waals surface area contributed by atoms with Gasteiger partial charge in [0, 0.05) is 0 Å². The molecular formula is C19H28. The van der Waals surface area contributed by atoms with Crippen molar-refractivity contribution in [2.45, 2.75) is 36.1 Å². The lowest BCUT2D eigenvalue weighted by molar-refractivity contribution is 1.46. The zero-order valence-electron chi connectivity index (χ0n) is 9.77. The van der Waals surface area contributed by atoms with Crippen LogP contribution in [0.5, 0.6) is 0 Å². The molecule has 0 aliphatic carbocycles. The highest BCUT2D eigenvalue weighted by atomic mass is 13.9. The van der Waals surface area contributed by atoms with Gasteiger partial charge in [0.2, 0.25) is 0 Å². The van der Waals surface area contributed by atoms with Crippen LogP contribution >= 0.6 is 0 Å². The lowest BCUT2D eigenvalue weighted by atomic mass is 10.1. The Bertz CT molecular complexity index is 425. The molecule has 0 aliphatic rings. The first-order valence-corrected chi connectivity index (χ1v) is 5.55. The minimum Gasteiger partial charge on any atom is -0.0776 e. The average molecular weight is 256 g/mol. The molecule has 0 aliphatic heterocycles. The molecule has 104 valence electrons. The highest BCUT2D eigenvalue weighted by molar-refractivity contribution is 5.69. The number of rotatable bonds is 2. The molecule has 0 heteroatoms. The molecular weight excluding hydrogens is 228 g/mol. The van der Waals surface area contributed by atoms with Crippen LogP contribution in [0.4, 0.5) is 0 Å². The van der Waals surface area contributed by atoms with E-state index in [4.69, 9.17) is 0 Å². The van der Waals surface area contributed by atoms with E-state index >= 15 is 0 Å². The van der Waals surface area contributed by atoms with Crippen molar-refractivity contribution in [2.75, 3.05) is 0 Å². The van der Waals surface area contributed by atoms with E-state index in [1.54, 1.807) is 0 Å². The number of hydrogen-bond donors (Lipinski definition) is 0. The lowest BCUT2D eigenvalue weighted by Crippen LogP contribution is -1.75. The van der Waals surface area contributed by atoms with Crippen LogP contribution < -0.4 is 0 Å². The fraction of sp³-hybridized carbons (Fsp3) is 0.263. The van der Waals surface area contributed by atoms with E-state index < -0.39 is 0 Å². The molecule has 0 nitrogen and oxygen atoms in total. The van der Waals surface area contributed by atoms with Gasteiger partial charge in [-0.25, -0.2) is 0 Å². The summed E-state index contributed by atoms with van der Waals surface area (Å²) in [5, 5.41) is 0. The second-order valence-corrected chi connectivity index (χ2v) is 4.15. The number of aryl methyl sites for hydroxylation is 2. The Hall–Kier alpha value is -1.82. The van der Waals surface area contributed by atoms with E-state index in [0.29, 0.717) is 0 Å². The predicted octanol–water partition coefficient (Wildman–Crippen LogP) is 6.38. The van der Waals surface area contributed by atoms with E-state index in [-0.39, 0.29) is 22.3 Å². The maximum atomic E-state index is 2.14. The van der Waals surface area contributed by atoms with Gasteiger partial charge in [0.1, 0.15) is 0 Å². The Morgan fingerprint density at radius 2 is 0.789 bits per heavy atom. The summed E-state index contributed by atoms with van der Waals surface area (Å²) in [6.07, 6.45) is 4.29. The quantitative estimate of drug-likeness (QED) is 0.547. The summed E-state index contributed by atoms with van der Waals surface area (Å²) in [5.74, 6) is 0. The van der Waals surface area contributed by atoms with E-state index in [1.165, 1.54) is 22.3 Å². The summed E-state index contributed by atoms with van der Waals surface area (Å²) in [6.45, 7) is 4.21. The molecule has 2 rings (SSSR count). The second kappa shape index (κ2) is 9.16. The van der Waals surface area contributed by atoms with Gasteiger partial charge in [-0.15, -0.1) is 0 Å². The second-order valence-electron chi connectivity index (χ2n) is 4.15. The molecule has 0 heterocycles. The molecule has 0 unspecified atom stereocenters. The minimum absolute atomic E-state index is 0. The summed E-state index contributed by atoms with van der Waals surface area (Å²) in [4.78, 5) is 0. The molecule has 0 saturated heterocycles. The van der Waals surface area contributed by atoms with Crippen molar-refractivity contribution < 1.29 is 0 Å². The standard InChI is InChI=1S/C16H16.3CH4/c1-13-3-7-15(8-4-13)11-12-16-9-5-14(2)6-10-16;;;/h3-12H,1-2H3;3*1H4. The maximum Gasteiger partial charge on any atom is -0.0256 e. The van der Waals surface area contributed by atoms with Crippen LogP contribution in [0.1, 0.15) is 44.5 Å². The summed E-state index contributed by atoms with van der Waals surface area (Å²) >= 11 is 0. The molecule has 0 amide bonds. The third-order valence-electron chi connectivity index (χ3n) is 2.62. The fourth-order valence-electron chi connectivity index (χ4n) is 1.55. The summed E-state index contributed by atoms with van der Waals surface area (Å²) in [5.41, 5.74) is 5.08. The minimum atomic E-state index is 0. The Morgan fingerprint density at radius 1 is 0.526 bits per heavy atom. The van der Waals surface area contributed by atoms with E-state index in [0.717, 1.165) is 0 Å². The van der Waals surface area contributed by atoms with Crippen molar-refractivity contribution in [3.05, 3.63) is 70.8 Å². The van der Waals surface area contributed by atoms with Crippen LogP contribution in [-0.2, 0) is 0 Å². The largest absolute Gasteiger partial charge is 0.0776 e. The van der Waals surface area contributed by atoms with Gasteiger partial charge in [-0.3, -0.25) is 0 Å². The Morgan fingerprint density at radius 3 is 1.05 bits per heavy atom. The highest BCUT2D eigenvalue weighted by Gasteiger charge is 1.88. The molecule has 0 bridgehead atoms. The molecule has 0 spiro atoms. The van der Waals surface area contributed by atoms with Gasteiger partial charge in [0.25, 0.3) is 0 Å². The summed E-state index contributed by atoms with van der Waals surface area (Å²) < 4.78 is 0. The first-order chi connectivity index (χ1) is 7.74. The van der Waals surface area contributed by atoms with Crippen molar-refractivity contribution in [3.8, 4) is 0 Å². The Labute approximate surface area is 119 Å². The first-order valence-electron chi connectivity index (χ1n) is 5.55. The molecule has 0 aromatic heterocycles. The monoisotopic (exact) mass is 256 g/mol. The Balaban J connectivity index is 0. The molecule has 0 radical (unpaired) electrons. The smallest absolute Gasteiger partial charge is 0.0256 e. The van der Waals surface area contributed by atoms with Gasteiger partial charge in [0.05, 0.1) is 0 Å². The lowest BCUT2D eigenvalue weighted by Gasteiger charge is -1.96. The van der Waals surface area contributed by atoms with Crippen LogP contribution in [-0.4, -0.2) is 0 Å². The molecule has 19 heavy (non-hydrogen) atoms. The van der Waals surface area contributed by atoms with Crippen LogP contribution in [0.25, 0.3) is 12.2 Å². The molecule has 0 atom stereocenters. The predicted molar refractivity (Wildman–Crippen MR) is 91.5 cm³/mol. The molecule has 0 saturated carbocycles. The number of hydrogen-bond acceptors (Lipinski definition) is 0. The SMILES string of the molecule is C.C.C.Cc1ccc(C=Cc2ccc(C)cc2)cc1. The van der Waals surface area contributed by atoms with Crippen LogP contribution in [0.3, 0.4) is 0 Å². The van der Waals surface area contributed by atoms with Crippen molar-refractivity contribution >= 4 is 12.2 Å². The van der Waals surface area contributed by atoms with Crippen LogP contribution in [0.15, 0.2) is 48.5 Å². The van der Waals surface area contributed by atoms with Gasteiger partial charge in [-0.2, -0.15) is 0 Å². The van der Waals surface area contributed by atoms with Gasteiger partial charge in [0.15, 0.2) is 0 Å². The topological polar surface area (TPSA) is 0 Å². The highest BCUT2D eigenvalue weighted by Crippen LogP contribution is 2.10.